The second kappa shape index (κ2) is 6.32. The van der Waals surface area contributed by atoms with E-state index in [1.54, 1.807) is 0 Å². The lowest BCUT2D eigenvalue weighted by Crippen LogP contribution is -2.47. The maximum Gasteiger partial charge on any atom is 0.229 e. The van der Waals surface area contributed by atoms with Gasteiger partial charge >= 0.3 is 0 Å². The van der Waals surface area contributed by atoms with Crippen LogP contribution in [0.3, 0.4) is 0 Å². The molecule has 0 bridgehead atoms. The third-order valence-corrected chi connectivity index (χ3v) is 3.39. The molecule has 1 N–H and O–H groups in total. The quantitative estimate of drug-likeness (QED) is 0.737. The number of hydrogen-bond acceptors (Lipinski definition) is 3. The zero-order valence-corrected chi connectivity index (χ0v) is 12.1. The van der Waals surface area contributed by atoms with E-state index in [4.69, 9.17) is 0 Å². The van der Waals surface area contributed by atoms with Crippen molar-refractivity contribution in [1.29, 1.82) is 0 Å². The smallest absolute Gasteiger partial charge is 0.229 e. The van der Waals surface area contributed by atoms with Crippen LogP contribution >= 0.6 is 0 Å². The van der Waals surface area contributed by atoms with E-state index in [0.29, 0.717) is 25.4 Å². The molecule has 0 aromatic heterocycles. The number of nitrogens with zero attached hydrogens (tertiary/aromatic N) is 1. The average molecular weight is 254 g/mol. The van der Waals surface area contributed by atoms with Crippen molar-refractivity contribution in [2.45, 2.75) is 59.4 Å². The highest BCUT2D eigenvalue weighted by Gasteiger charge is 2.37. The Morgan fingerprint density at radius 3 is 2.33 bits per heavy atom. The summed E-state index contributed by atoms with van der Waals surface area (Å²) in [5.41, 5.74) is -0.170. The lowest BCUT2D eigenvalue weighted by Gasteiger charge is -2.35. The Morgan fingerprint density at radius 2 is 1.83 bits per heavy atom. The van der Waals surface area contributed by atoms with Gasteiger partial charge in [0.1, 0.15) is 0 Å². The van der Waals surface area contributed by atoms with Crippen LogP contribution < -0.4 is 5.32 Å². The number of imide groups is 1. The molecule has 1 aliphatic rings. The van der Waals surface area contributed by atoms with Gasteiger partial charge in [-0.15, -0.1) is 0 Å². The Bertz CT molecular complexity index is 293. The van der Waals surface area contributed by atoms with Gasteiger partial charge in [-0.25, -0.2) is 0 Å². The molecule has 4 nitrogen and oxygen atoms in total. The fraction of sp³-hybridized carbons (Fsp3) is 0.857. The number of rotatable bonds is 6. The molecule has 0 radical (unpaired) electrons. The summed E-state index contributed by atoms with van der Waals surface area (Å²) in [7, 11) is 0. The molecule has 2 amide bonds. The summed E-state index contributed by atoms with van der Waals surface area (Å²) < 4.78 is 0. The summed E-state index contributed by atoms with van der Waals surface area (Å²) in [5.74, 6) is -0.0297. The third-order valence-electron chi connectivity index (χ3n) is 3.39. The van der Waals surface area contributed by atoms with E-state index < -0.39 is 0 Å². The fourth-order valence-electron chi connectivity index (χ4n) is 2.28. The lowest BCUT2D eigenvalue weighted by atomic mass is 9.81. The van der Waals surface area contributed by atoms with Crippen molar-refractivity contribution >= 4 is 11.8 Å². The maximum absolute atomic E-state index is 11.9. The topological polar surface area (TPSA) is 49.4 Å². The van der Waals surface area contributed by atoms with Crippen LogP contribution in [0.15, 0.2) is 0 Å². The van der Waals surface area contributed by atoms with Crippen molar-refractivity contribution in [2.24, 2.45) is 5.41 Å². The van der Waals surface area contributed by atoms with Gasteiger partial charge < -0.3 is 5.32 Å². The summed E-state index contributed by atoms with van der Waals surface area (Å²) in [5, 5.41) is 3.37. The van der Waals surface area contributed by atoms with Crippen LogP contribution in [0.5, 0.6) is 0 Å². The van der Waals surface area contributed by atoms with Crippen molar-refractivity contribution in [1.82, 2.24) is 10.2 Å². The van der Waals surface area contributed by atoms with Gasteiger partial charge in [-0.1, -0.05) is 20.8 Å². The predicted molar refractivity (Wildman–Crippen MR) is 72.1 cm³/mol. The number of amides is 2. The van der Waals surface area contributed by atoms with Crippen LogP contribution in [0.25, 0.3) is 0 Å². The van der Waals surface area contributed by atoms with Gasteiger partial charge in [0.25, 0.3) is 0 Å². The highest BCUT2D eigenvalue weighted by Crippen LogP contribution is 2.31. The molecule has 1 rings (SSSR count). The van der Waals surface area contributed by atoms with Crippen molar-refractivity contribution < 1.29 is 9.59 Å². The molecule has 18 heavy (non-hydrogen) atoms. The van der Waals surface area contributed by atoms with E-state index in [-0.39, 0.29) is 17.2 Å². The Kier molecular flexibility index (Phi) is 5.32. The Hall–Kier alpha value is -0.900. The summed E-state index contributed by atoms with van der Waals surface area (Å²) in [6.45, 7) is 9.71. The lowest BCUT2D eigenvalue weighted by molar-refractivity contribution is -0.152. The first-order valence-corrected chi connectivity index (χ1v) is 6.92. The summed E-state index contributed by atoms with van der Waals surface area (Å²) in [6.07, 6.45) is 2.89. The molecule has 104 valence electrons. The SMILES string of the molecule is CCCNC(C)CCN1C(=O)CC(C)(C)CC1=O. The van der Waals surface area contributed by atoms with Crippen LogP contribution in [-0.2, 0) is 9.59 Å². The molecule has 0 aromatic carbocycles. The predicted octanol–water partition coefficient (Wildman–Crippen LogP) is 1.94. The monoisotopic (exact) mass is 254 g/mol. The van der Waals surface area contributed by atoms with Crippen molar-refractivity contribution in [3.05, 3.63) is 0 Å². The number of likely N-dealkylation sites (tertiary alicyclic amines) is 1. The van der Waals surface area contributed by atoms with Crippen molar-refractivity contribution in [3.8, 4) is 0 Å². The van der Waals surface area contributed by atoms with Crippen LogP contribution in [0.4, 0.5) is 0 Å². The van der Waals surface area contributed by atoms with Crippen LogP contribution in [0.2, 0.25) is 0 Å². The van der Waals surface area contributed by atoms with Gasteiger partial charge in [-0.2, -0.15) is 0 Å². The number of hydrogen-bond donors (Lipinski definition) is 1. The second-order valence-corrected chi connectivity index (χ2v) is 6.10. The molecule has 0 saturated carbocycles. The maximum atomic E-state index is 11.9. The van der Waals surface area contributed by atoms with Crippen LogP contribution in [-0.4, -0.2) is 35.8 Å². The molecule has 1 atom stereocenters. The molecular weight excluding hydrogens is 228 g/mol. The second-order valence-electron chi connectivity index (χ2n) is 6.10. The minimum absolute atomic E-state index is 0.0149. The number of carbonyl (C=O) groups is 2. The molecule has 1 heterocycles. The first-order chi connectivity index (χ1) is 8.35. The van der Waals surface area contributed by atoms with Crippen molar-refractivity contribution in [3.63, 3.8) is 0 Å². The van der Waals surface area contributed by atoms with Gasteiger partial charge in [-0.3, -0.25) is 14.5 Å². The van der Waals surface area contributed by atoms with E-state index in [1.165, 1.54) is 4.90 Å². The molecule has 0 aliphatic carbocycles. The summed E-state index contributed by atoms with van der Waals surface area (Å²) >= 11 is 0. The first-order valence-electron chi connectivity index (χ1n) is 6.92. The highest BCUT2D eigenvalue weighted by atomic mass is 16.2. The van der Waals surface area contributed by atoms with Gasteiger partial charge in [-0.05, 0) is 31.7 Å². The third kappa shape index (κ3) is 4.41. The van der Waals surface area contributed by atoms with E-state index >= 15 is 0 Å². The van der Waals surface area contributed by atoms with Crippen molar-refractivity contribution in [2.75, 3.05) is 13.1 Å². The highest BCUT2D eigenvalue weighted by molar-refractivity contribution is 5.98. The Labute approximate surface area is 110 Å². The first kappa shape index (κ1) is 15.2. The minimum Gasteiger partial charge on any atom is -0.314 e. The molecule has 1 unspecified atom stereocenters. The molecule has 1 aliphatic heterocycles. The largest absolute Gasteiger partial charge is 0.314 e. The summed E-state index contributed by atoms with van der Waals surface area (Å²) in [4.78, 5) is 25.3. The Balaban J connectivity index is 2.43. The molecule has 4 heteroatoms. The molecule has 0 spiro atoms. The van der Waals surface area contributed by atoms with E-state index in [1.807, 2.05) is 13.8 Å². The average Bonchev–Trinajstić information content (AvgIpc) is 2.23. The summed E-state index contributed by atoms with van der Waals surface area (Å²) in [6, 6.07) is 0.348. The molecule has 1 fully saturated rings. The number of carbonyl (C=O) groups excluding carboxylic acids is 2. The van der Waals surface area contributed by atoms with Crippen LogP contribution in [0, 0.1) is 5.41 Å². The minimum atomic E-state index is -0.170. The fourth-order valence-corrected chi connectivity index (χ4v) is 2.28. The molecule has 0 aromatic rings. The van der Waals surface area contributed by atoms with Gasteiger partial charge in [0.15, 0.2) is 0 Å². The Morgan fingerprint density at radius 1 is 1.28 bits per heavy atom. The standard InChI is InChI=1S/C14H26N2O2/c1-5-7-15-11(2)6-8-16-12(17)9-14(3,4)10-13(16)18/h11,15H,5-10H2,1-4H3. The van der Waals surface area contributed by atoms with Gasteiger partial charge in [0.2, 0.25) is 11.8 Å². The van der Waals surface area contributed by atoms with Gasteiger partial charge in [0, 0.05) is 25.4 Å². The van der Waals surface area contributed by atoms with Crippen LogP contribution in [0.1, 0.15) is 53.4 Å². The number of nitrogens with one attached hydrogen (secondary N) is 1. The molecular formula is C14H26N2O2. The van der Waals surface area contributed by atoms with Gasteiger partial charge in [0.05, 0.1) is 0 Å². The zero-order valence-electron chi connectivity index (χ0n) is 12.1. The molecule has 1 saturated heterocycles. The van der Waals surface area contributed by atoms with E-state index in [9.17, 15) is 9.59 Å². The van der Waals surface area contributed by atoms with E-state index in [0.717, 1.165) is 19.4 Å². The zero-order chi connectivity index (χ0) is 13.8. The normalized spacial score (nSPS) is 21.2. The number of piperidine rings is 1. The van der Waals surface area contributed by atoms with E-state index in [2.05, 4.69) is 19.2 Å².